The Bertz CT molecular complexity index is 1030. The van der Waals surface area contributed by atoms with Gasteiger partial charge in [-0.15, -0.1) is 0 Å². The Morgan fingerprint density at radius 1 is 0.750 bits per heavy atom. The summed E-state index contributed by atoms with van der Waals surface area (Å²) in [7, 11) is 0. The Labute approximate surface area is 160 Å². The monoisotopic (exact) mass is 378 g/mol. The minimum absolute atomic E-state index is 0.246. The highest BCUT2D eigenvalue weighted by Gasteiger charge is 2.16. The molecular weight excluding hydrogens is 363 g/mol. The molecule has 6 heteroatoms. The van der Waals surface area contributed by atoms with E-state index in [0.717, 1.165) is 0 Å². The summed E-state index contributed by atoms with van der Waals surface area (Å²) in [5, 5.41) is 0. The van der Waals surface area contributed by atoms with Gasteiger partial charge in [0.05, 0.1) is 5.56 Å². The molecule has 4 rings (SSSR count). The van der Waals surface area contributed by atoms with Crippen molar-refractivity contribution in [3.8, 4) is 17.2 Å². The summed E-state index contributed by atoms with van der Waals surface area (Å²) in [6.07, 6.45) is 0. The van der Waals surface area contributed by atoms with Crippen LogP contribution in [0.15, 0.2) is 66.7 Å². The Morgan fingerprint density at radius 3 is 2.00 bits per heavy atom. The van der Waals surface area contributed by atoms with E-state index in [9.17, 15) is 14.0 Å². The number of halogens is 1. The molecule has 0 fully saturated rings. The molecule has 5 nitrogen and oxygen atoms in total. The molecule has 0 unspecified atom stereocenters. The molecule has 0 atom stereocenters. The van der Waals surface area contributed by atoms with Crippen LogP contribution in [-0.2, 0) is 0 Å². The number of hydrogen-bond donors (Lipinski definition) is 0. The van der Waals surface area contributed by atoms with E-state index >= 15 is 0 Å². The summed E-state index contributed by atoms with van der Waals surface area (Å²) < 4.78 is 29.2. The van der Waals surface area contributed by atoms with Crippen LogP contribution in [0.1, 0.15) is 26.3 Å². The van der Waals surface area contributed by atoms with Crippen molar-refractivity contribution < 1.29 is 28.2 Å². The number of hydrogen-bond acceptors (Lipinski definition) is 5. The van der Waals surface area contributed by atoms with E-state index in [4.69, 9.17) is 14.2 Å². The van der Waals surface area contributed by atoms with Crippen LogP contribution in [-0.4, -0.2) is 25.0 Å². The van der Waals surface area contributed by atoms with Gasteiger partial charge in [0.1, 0.15) is 24.8 Å². The zero-order chi connectivity index (χ0) is 19.5. The number of rotatable bonds is 4. The molecule has 1 heterocycles. The molecule has 0 saturated carbocycles. The first-order valence-corrected chi connectivity index (χ1v) is 8.62. The second-order valence-corrected chi connectivity index (χ2v) is 6.11. The van der Waals surface area contributed by atoms with Crippen LogP contribution < -0.4 is 14.2 Å². The smallest absolute Gasteiger partial charge is 0.343 e. The molecule has 3 aromatic carbocycles. The number of ketones is 1. The lowest BCUT2D eigenvalue weighted by atomic mass is 10.0. The van der Waals surface area contributed by atoms with Gasteiger partial charge in [-0.2, -0.15) is 0 Å². The number of ether oxygens (including phenoxy) is 3. The highest BCUT2D eigenvalue weighted by atomic mass is 19.1. The fraction of sp³-hybridized carbons (Fsp3) is 0.0909. The van der Waals surface area contributed by atoms with Crippen molar-refractivity contribution in [2.75, 3.05) is 13.2 Å². The summed E-state index contributed by atoms with van der Waals surface area (Å²) in [4.78, 5) is 24.7. The maximum Gasteiger partial charge on any atom is 0.343 e. The van der Waals surface area contributed by atoms with Crippen molar-refractivity contribution in [1.29, 1.82) is 0 Å². The summed E-state index contributed by atoms with van der Waals surface area (Å²) in [6, 6.07) is 16.3. The van der Waals surface area contributed by atoms with Crippen molar-refractivity contribution in [3.63, 3.8) is 0 Å². The zero-order valence-corrected chi connectivity index (χ0v) is 14.7. The fourth-order valence-electron chi connectivity index (χ4n) is 2.78. The second kappa shape index (κ2) is 7.52. The lowest BCUT2D eigenvalue weighted by Crippen LogP contribution is -2.16. The summed E-state index contributed by atoms with van der Waals surface area (Å²) in [5.74, 6) is 0.195. The van der Waals surface area contributed by atoms with Gasteiger partial charge in [0.15, 0.2) is 17.3 Å². The first kappa shape index (κ1) is 17.7. The van der Waals surface area contributed by atoms with Crippen LogP contribution in [0.2, 0.25) is 0 Å². The molecule has 3 aromatic rings. The lowest BCUT2D eigenvalue weighted by molar-refractivity contribution is 0.0733. The summed E-state index contributed by atoms with van der Waals surface area (Å²) >= 11 is 0. The molecule has 0 aliphatic carbocycles. The molecule has 1 aliphatic heterocycles. The van der Waals surface area contributed by atoms with Crippen molar-refractivity contribution in [2.24, 2.45) is 0 Å². The first-order chi connectivity index (χ1) is 13.6. The van der Waals surface area contributed by atoms with Gasteiger partial charge in [-0.3, -0.25) is 4.79 Å². The lowest BCUT2D eigenvalue weighted by Gasteiger charge is -2.18. The molecule has 0 radical (unpaired) electrons. The maximum atomic E-state index is 13.0. The number of fused-ring (bicyclic) bond motifs is 1. The van der Waals surface area contributed by atoms with E-state index < -0.39 is 11.8 Å². The minimum Gasteiger partial charge on any atom is -0.486 e. The average Bonchev–Trinajstić information content (AvgIpc) is 2.74. The third-order valence-electron chi connectivity index (χ3n) is 4.21. The number of esters is 1. The van der Waals surface area contributed by atoms with Crippen LogP contribution >= 0.6 is 0 Å². The largest absolute Gasteiger partial charge is 0.486 e. The molecule has 0 spiro atoms. The van der Waals surface area contributed by atoms with Gasteiger partial charge in [0, 0.05) is 11.1 Å². The SMILES string of the molecule is O=C(Oc1ccc(C(=O)c2ccc(F)cc2)cc1)c1ccc2c(c1)OCCO2. The highest BCUT2D eigenvalue weighted by molar-refractivity contribution is 6.09. The number of carbonyl (C=O) groups excluding carboxylic acids is 2. The highest BCUT2D eigenvalue weighted by Crippen LogP contribution is 2.31. The standard InChI is InChI=1S/C22H15FO5/c23-17-6-1-14(2-7-17)21(24)15-3-8-18(9-4-15)28-22(25)16-5-10-19-20(13-16)27-12-11-26-19/h1-10,13H,11-12H2. The Hall–Kier alpha value is -3.67. The Kier molecular flexibility index (Phi) is 4.76. The van der Waals surface area contributed by atoms with Crippen LogP contribution in [0, 0.1) is 5.82 Å². The molecule has 1 aliphatic rings. The van der Waals surface area contributed by atoms with Crippen molar-refractivity contribution in [3.05, 3.63) is 89.2 Å². The molecule has 0 saturated heterocycles. The molecule has 0 N–H and O–H groups in total. The van der Waals surface area contributed by atoms with E-state index in [1.807, 2.05) is 0 Å². The number of carbonyl (C=O) groups is 2. The van der Waals surface area contributed by atoms with Gasteiger partial charge < -0.3 is 14.2 Å². The van der Waals surface area contributed by atoms with E-state index in [0.29, 0.717) is 47.2 Å². The van der Waals surface area contributed by atoms with Gasteiger partial charge in [-0.1, -0.05) is 0 Å². The van der Waals surface area contributed by atoms with E-state index in [2.05, 4.69) is 0 Å². The predicted octanol–water partition coefficient (Wildman–Crippen LogP) is 4.05. The van der Waals surface area contributed by atoms with Gasteiger partial charge in [0.25, 0.3) is 0 Å². The van der Waals surface area contributed by atoms with E-state index in [1.165, 1.54) is 36.4 Å². The Balaban J connectivity index is 1.46. The van der Waals surface area contributed by atoms with Crippen molar-refractivity contribution >= 4 is 11.8 Å². The summed E-state index contributed by atoms with van der Waals surface area (Å²) in [5.41, 5.74) is 1.11. The van der Waals surface area contributed by atoms with Gasteiger partial charge in [-0.25, -0.2) is 9.18 Å². The third-order valence-corrected chi connectivity index (χ3v) is 4.21. The van der Waals surface area contributed by atoms with Crippen LogP contribution in [0.4, 0.5) is 4.39 Å². The van der Waals surface area contributed by atoms with Crippen molar-refractivity contribution in [2.45, 2.75) is 0 Å². The summed E-state index contributed by atoms with van der Waals surface area (Å²) in [6.45, 7) is 0.898. The van der Waals surface area contributed by atoms with E-state index in [-0.39, 0.29) is 5.78 Å². The molecule has 0 aromatic heterocycles. The van der Waals surface area contributed by atoms with Crippen LogP contribution in [0.5, 0.6) is 17.2 Å². The fourth-order valence-corrected chi connectivity index (χ4v) is 2.78. The minimum atomic E-state index is -0.547. The van der Waals surface area contributed by atoms with Crippen molar-refractivity contribution in [1.82, 2.24) is 0 Å². The first-order valence-electron chi connectivity index (χ1n) is 8.62. The second-order valence-electron chi connectivity index (χ2n) is 6.11. The number of benzene rings is 3. The van der Waals surface area contributed by atoms with Gasteiger partial charge >= 0.3 is 5.97 Å². The molecular formula is C22H15FO5. The molecule has 140 valence electrons. The maximum absolute atomic E-state index is 13.0. The average molecular weight is 378 g/mol. The van der Waals surface area contributed by atoms with Gasteiger partial charge in [-0.05, 0) is 66.7 Å². The molecule has 0 bridgehead atoms. The van der Waals surface area contributed by atoms with Crippen LogP contribution in [0.3, 0.4) is 0 Å². The topological polar surface area (TPSA) is 61.8 Å². The van der Waals surface area contributed by atoms with Crippen LogP contribution in [0.25, 0.3) is 0 Å². The normalized spacial score (nSPS) is 12.3. The molecule has 0 amide bonds. The molecule has 28 heavy (non-hydrogen) atoms. The van der Waals surface area contributed by atoms with Gasteiger partial charge in [0.2, 0.25) is 0 Å². The third kappa shape index (κ3) is 3.71. The zero-order valence-electron chi connectivity index (χ0n) is 14.7. The quantitative estimate of drug-likeness (QED) is 0.389. The predicted molar refractivity (Wildman–Crippen MR) is 98.7 cm³/mol. The van der Waals surface area contributed by atoms with E-state index in [1.54, 1.807) is 30.3 Å². The Morgan fingerprint density at radius 2 is 1.32 bits per heavy atom.